The number of amides is 2. The van der Waals surface area contributed by atoms with Crippen LogP contribution in [-0.2, 0) is 0 Å². The Morgan fingerprint density at radius 2 is 2.33 bits per heavy atom. The highest BCUT2D eigenvalue weighted by Gasteiger charge is 2.13. The Labute approximate surface area is 50.8 Å². The first-order valence-corrected chi connectivity index (χ1v) is 2.28. The molecule has 1 aliphatic rings. The van der Waals surface area contributed by atoms with Gasteiger partial charge in [0.1, 0.15) is 0 Å². The van der Waals surface area contributed by atoms with Gasteiger partial charge in [0.2, 0.25) is 12.3 Å². The van der Waals surface area contributed by atoms with Gasteiger partial charge in [0, 0.05) is 0 Å². The topological polar surface area (TPSA) is 99.7 Å². The Balaban J connectivity index is 2.67. The molecule has 0 fully saturated rings. The number of aliphatic hydroxyl groups is 1. The number of aliphatic hydroxyl groups excluding tert-OH is 1. The molecule has 9 heavy (non-hydrogen) atoms. The van der Waals surface area contributed by atoms with Crippen molar-refractivity contribution >= 4 is 12.0 Å². The molecule has 0 saturated heterocycles. The highest BCUT2D eigenvalue weighted by molar-refractivity contribution is 5.93. The molecule has 0 bridgehead atoms. The normalized spacial score (nSPS) is 26.1. The SMILES string of the molecule is NC1=NC(=O)NC(O)N1. The molecule has 50 valence electrons. The second-order valence-electron chi connectivity index (χ2n) is 1.49. The second kappa shape index (κ2) is 1.90. The lowest BCUT2D eigenvalue weighted by atomic mass is 10.7. The summed E-state index contributed by atoms with van der Waals surface area (Å²) >= 11 is 0. The minimum absolute atomic E-state index is 0.0775. The van der Waals surface area contributed by atoms with Crippen molar-refractivity contribution in [1.82, 2.24) is 10.6 Å². The summed E-state index contributed by atoms with van der Waals surface area (Å²) in [6.45, 7) is 0. The maximum absolute atomic E-state index is 10.3. The predicted octanol–water partition coefficient (Wildman–Crippen LogP) is -2.11. The summed E-state index contributed by atoms with van der Waals surface area (Å²) in [5, 5.41) is 13.0. The van der Waals surface area contributed by atoms with E-state index in [0.717, 1.165) is 0 Å². The molecule has 0 radical (unpaired) electrons. The average Bonchev–Trinajstić information content (AvgIpc) is 1.59. The van der Waals surface area contributed by atoms with Crippen LogP contribution in [0.25, 0.3) is 0 Å². The third-order valence-corrected chi connectivity index (χ3v) is 0.767. The number of nitrogens with zero attached hydrogens (tertiary/aromatic N) is 1. The first kappa shape index (κ1) is 5.83. The standard InChI is InChI=1S/C3H6N4O2/c4-1-5-2(8)7-3(9)6-1/h2,8H,(H4,4,5,6,7,9). The summed E-state index contributed by atoms with van der Waals surface area (Å²) in [5.41, 5.74) is 5.03. The quantitative estimate of drug-likeness (QED) is 0.301. The fourth-order valence-electron chi connectivity index (χ4n) is 0.467. The molecule has 1 heterocycles. The van der Waals surface area contributed by atoms with Gasteiger partial charge in [-0.15, -0.1) is 0 Å². The third kappa shape index (κ3) is 1.29. The Hall–Kier alpha value is -1.30. The number of aliphatic imine (C=N–C) groups is 1. The summed E-state index contributed by atoms with van der Waals surface area (Å²) < 4.78 is 0. The van der Waals surface area contributed by atoms with Gasteiger partial charge in [-0.3, -0.25) is 5.32 Å². The van der Waals surface area contributed by atoms with Crippen LogP contribution >= 0.6 is 0 Å². The van der Waals surface area contributed by atoms with Gasteiger partial charge in [0.15, 0.2) is 0 Å². The predicted molar refractivity (Wildman–Crippen MR) is 29.3 cm³/mol. The van der Waals surface area contributed by atoms with E-state index in [1.54, 1.807) is 0 Å². The number of carbonyl (C=O) groups excluding carboxylic acids is 1. The van der Waals surface area contributed by atoms with Gasteiger partial charge < -0.3 is 16.2 Å². The third-order valence-electron chi connectivity index (χ3n) is 0.767. The van der Waals surface area contributed by atoms with Gasteiger partial charge in [-0.25, -0.2) is 4.79 Å². The molecule has 0 aliphatic carbocycles. The Kier molecular flexibility index (Phi) is 1.23. The number of guanidine groups is 1. The van der Waals surface area contributed by atoms with E-state index in [4.69, 9.17) is 10.8 Å². The van der Waals surface area contributed by atoms with Crippen molar-refractivity contribution in [1.29, 1.82) is 0 Å². The monoisotopic (exact) mass is 130 g/mol. The lowest BCUT2D eigenvalue weighted by Crippen LogP contribution is -2.54. The van der Waals surface area contributed by atoms with E-state index in [1.807, 2.05) is 5.32 Å². The summed E-state index contributed by atoms with van der Waals surface area (Å²) in [5.74, 6) is -0.0775. The van der Waals surface area contributed by atoms with Gasteiger partial charge in [-0.05, 0) is 0 Å². The first-order chi connectivity index (χ1) is 4.18. The molecule has 0 aromatic carbocycles. The summed E-state index contributed by atoms with van der Waals surface area (Å²) in [7, 11) is 0. The number of urea groups is 1. The fraction of sp³-hybridized carbons (Fsp3) is 0.333. The van der Waals surface area contributed by atoms with Gasteiger partial charge in [-0.2, -0.15) is 4.99 Å². The number of nitrogens with two attached hydrogens (primary N) is 1. The Bertz CT molecular complexity index is 165. The number of rotatable bonds is 0. The zero-order chi connectivity index (χ0) is 6.85. The van der Waals surface area contributed by atoms with Crippen LogP contribution in [0.3, 0.4) is 0 Å². The lowest BCUT2D eigenvalue weighted by molar-refractivity contribution is 0.126. The van der Waals surface area contributed by atoms with Crippen LogP contribution in [0.5, 0.6) is 0 Å². The van der Waals surface area contributed by atoms with Gasteiger partial charge in [0.05, 0.1) is 0 Å². The number of nitrogens with one attached hydrogen (secondary N) is 2. The van der Waals surface area contributed by atoms with Gasteiger partial charge in [-0.1, -0.05) is 0 Å². The smallest absolute Gasteiger partial charge is 0.347 e. The fourth-order valence-corrected chi connectivity index (χ4v) is 0.467. The van der Waals surface area contributed by atoms with Gasteiger partial charge >= 0.3 is 6.03 Å². The van der Waals surface area contributed by atoms with Gasteiger partial charge in [0.25, 0.3) is 0 Å². The average molecular weight is 130 g/mol. The summed E-state index contributed by atoms with van der Waals surface area (Å²) in [6.07, 6.45) is -1.12. The molecule has 1 aliphatic heterocycles. The van der Waals surface area contributed by atoms with Crippen LogP contribution in [0.15, 0.2) is 4.99 Å². The molecule has 1 unspecified atom stereocenters. The molecule has 5 N–H and O–H groups in total. The molecule has 1 rings (SSSR count). The van der Waals surface area contributed by atoms with Crippen molar-refractivity contribution in [3.05, 3.63) is 0 Å². The van der Waals surface area contributed by atoms with Crippen LogP contribution < -0.4 is 16.4 Å². The van der Waals surface area contributed by atoms with Crippen molar-refractivity contribution in [3.63, 3.8) is 0 Å². The summed E-state index contributed by atoms with van der Waals surface area (Å²) in [6, 6.07) is -0.640. The summed E-state index contributed by atoms with van der Waals surface area (Å²) in [4.78, 5) is 13.5. The molecule has 0 saturated carbocycles. The molecular weight excluding hydrogens is 124 g/mol. The minimum Gasteiger partial charge on any atom is -0.369 e. The highest BCUT2D eigenvalue weighted by atomic mass is 16.3. The van der Waals surface area contributed by atoms with Crippen molar-refractivity contribution in [2.75, 3.05) is 0 Å². The molecule has 2 amide bonds. The maximum Gasteiger partial charge on any atom is 0.347 e. The Morgan fingerprint density at radius 1 is 1.67 bits per heavy atom. The molecule has 1 atom stereocenters. The Morgan fingerprint density at radius 3 is 2.78 bits per heavy atom. The lowest BCUT2D eigenvalue weighted by Gasteiger charge is -2.17. The van der Waals surface area contributed by atoms with Crippen LogP contribution in [0.4, 0.5) is 4.79 Å². The molecular formula is C3H6N4O2. The second-order valence-corrected chi connectivity index (χ2v) is 1.49. The first-order valence-electron chi connectivity index (χ1n) is 2.28. The zero-order valence-electron chi connectivity index (χ0n) is 4.46. The minimum atomic E-state index is -1.12. The molecule has 0 aromatic rings. The number of hydrogen-bond acceptors (Lipinski definition) is 4. The molecule has 0 spiro atoms. The van der Waals surface area contributed by atoms with E-state index in [-0.39, 0.29) is 5.96 Å². The van der Waals surface area contributed by atoms with E-state index in [1.165, 1.54) is 0 Å². The van der Waals surface area contributed by atoms with Crippen LogP contribution in [0.2, 0.25) is 0 Å². The molecule has 6 heteroatoms. The van der Waals surface area contributed by atoms with Crippen LogP contribution in [-0.4, -0.2) is 23.4 Å². The van der Waals surface area contributed by atoms with Crippen molar-refractivity contribution in [2.24, 2.45) is 10.7 Å². The molecule has 6 nitrogen and oxygen atoms in total. The molecule has 0 aromatic heterocycles. The van der Waals surface area contributed by atoms with E-state index >= 15 is 0 Å². The maximum atomic E-state index is 10.3. The van der Waals surface area contributed by atoms with E-state index in [2.05, 4.69) is 10.3 Å². The van der Waals surface area contributed by atoms with E-state index < -0.39 is 12.4 Å². The van der Waals surface area contributed by atoms with E-state index in [9.17, 15) is 4.79 Å². The largest absolute Gasteiger partial charge is 0.369 e. The number of carbonyl (C=O) groups is 1. The zero-order valence-corrected chi connectivity index (χ0v) is 4.46. The van der Waals surface area contributed by atoms with Crippen molar-refractivity contribution < 1.29 is 9.90 Å². The van der Waals surface area contributed by atoms with Crippen molar-refractivity contribution in [2.45, 2.75) is 6.35 Å². The van der Waals surface area contributed by atoms with Crippen LogP contribution in [0, 0.1) is 0 Å². The van der Waals surface area contributed by atoms with Crippen LogP contribution in [0.1, 0.15) is 0 Å². The highest BCUT2D eigenvalue weighted by Crippen LogP contribution is 1.82. The van der Waals surface area contributed by atoms with Crippen molar-refractivity contribution in [3.8, 4) is 0 Å². The van der Waals surface area contributed by atoms with E-state index in [0.29, 0.717) is 0 Å². The number of hydrogen-bond donors (Lipinski definition) is 4.